The first-order chi connectivity index (χ1) is 6.84. The van der Waals surface area contributed by atoms with E-state index in [9.17, 15) is 9.59 Å². The summed E-state index contributed by atoms with van der Waals surface area (Å²) in [6.07, 6.45) is 0.703. The van der Waals surface area contributed by atoms with Gasteiger partial charge in [-0.1, -0.05) is 0 Å². The molecule has 0 aromatic carbocycles. The molecule has 0 aromatic rings. The molecular formula is C10H20N2O3. The van der Waals surface area contributed by atoms with Crippen molar-refractivity contribution in [2.45, 2.75) is 25.8 Å². The van der Waals surface area contributed by atoms with Crippen LogP contribution in [0, 0.1) is 0 Å². The molecule has 0 saturated carbocycles. The highest BCUT2D eigenvalue weighted by Crippen LogP contribution is 2.04. The largest absolute Gasteiger partial charge is 0.481 e. The van der Waals surface area contributed by atoms with Crippen molar-refractivity contribution in [3.05, 3.63) is 0 Å². The number of likely N-dealkylation sites (N-methyl/N-ethyl adjacent to an activating group) is 2. The molecule has 15 heavy (non-hydrogen) atoms. The Bertz CT molecular complexity index is 229. The Morgan fingerprint density at radius 3 is 2.20 bits per heavy atom. The fourth-order valence-electron chi connectivity index (χ4n) is 1.06. The third-order valence-electron chi connectivity index (χ3n) is 2.41. The Kier molecular flexibility index (Phi) is 5.93. The number of hydrogen-bond donors (Lipinski definition) is 1. The maximum Gasteiger partial charge on any atom is 0.303 e. The predicted octanol–water partition coefficient (Wildman–Crippen LogP) is 0.260. The molecule has 1 atom stereocenters. The second-order valence-electron chi connectivity index (χ2n) is 3.98. The standard InChI is InChI=1S/C10H20N2O3/c1-8(5-6-10(14)15)12(4)7-9(13)11(2)3/h8H,5-7H2,1-4H3,(H,14,15). The minimum Gasteiger partial charge on any atom is -0.481 e. The molecule has 5 nitrogen and oxygen atoms in total. The first kappa shape index (κ1) is 13.9. The van der Waals surface area contributed by atoms with Gasteiger partial charge in [-0.2, -0.15) is 0 Å². The van der Waals surface area contributed by atoms with Gasteiger partial charge in [0.25, 0.3) is 0 Å². The van der Waals surface area contributed by atoms with Crippen LogP contribution in [-0.2, 0) is 9.59 Å². The van der Waals surface area contributed by atoms with E-state index < -0.39 is 5.97 Å². The number of hydrogen-bond acceptors (Lipinski definition) is 3. The van der Waals surface area contributed by atoms with E-state index in [0.29, 0.717) is 13.0 Å². The number of carboxylic acid groups (broad SMARTS) is 1. The molecule has 0 aliphatic rings. The van der Waals surface area contributed by atoms with E-state index in [1.165, 1.54) is 4.90 Å². The molecule has 1 unspecified atom stereocenters. The molecule has 0 bridgehead atoms. The Morgan fingerprint density at radius 2 is 1.80 bits per heavy atom. The zero-order valence-corrected chi connectivity index (χ0v) is 9.86. The Morgan fingerprint density at radius 1 is 1.27 bits per heavy atom. The minimum atomic E-state index is -0.797. The first-order valence-electron chi connectivity index (χ1n) is 4.96. The maximum atomic E-state index is 11.4. The zero-order chi connectivity index (χ0) is 12.0. The van der Waals surface area contributed by atoms with Crippen LogP contribution in [0.3, 0.4) is 0 Å². The van der Waals surface area contributed by atoms with E-state index in [1.54, 1.807) is 14.1 Å². The number of carbonyl (C=O) groups is 2. The molecule has 0 radical (unpaired) electrons. The average Bonchev–Trinajstić information content (AvgIpc) is 2.13. The molecule has 1 N–H and O–H groups in total. The van der Waals surface area contributed by atoms with Crippen LogP contribution in [0.5, 0.6) is 0 Å². The van der Waals surface area contributed by atoms with Crippen molar-refractivity contribution < 1.29 is 14.7 Å². The summed E-state index contributed by atoms with van der Waals surface area (Å²) in [7, 11) is 5.24. The smallest absolute Gasteiger partial charge is 0.303 e. The van der Waals surface area contributed by atoms with E-state index >= 15 is 0 Å². The summed E-state index contributed by atoms with van der Waals surface area (Å²) in [5.41, 5.74) is 0. The van der Waals surface area contributed by atoms with Crippen molar-refractivity contribution >= 4 is 11.9 Å². The number of carboxylic acids is 1. The monoisotopic (exact) mass is 216 g/mol. The molecule has 88 valence electrons. The molecule has 0 aliphatic heterocycles. The fourth-order valence-corrected chi connectivity index (χ4v) is 1.06. The van der Waals surface area contributed by atoms with Gasteiger partial charge in [0.15, 0.2) is 0 Å². The van der Waals surface area contributed by atoms with Crippen LogP contribution >= 0.6 is 0 Å². The molecule has 0 spiro atoms. The lowest BCUT2D eigenvalue weighted by Gasteiger charge is -2.24. The average molecular weight is 216 g/mol. The van der Waals surface area contributed by atoms with Crippen LogP contribution in [0.4, 0.5) is 0 Å². The molecule has 0 aliphatic carbocycles. The first-order valence-corrected chi connectivity index (χ1v) is 4.96. The van der Waals surface area contributed by atoms with Gasteiger partial charge in [-0.3, -0.25) is 14.5 Å². The Hall–Kier alpha value is -1.10. The summed E-state index contributed by atoms with van der Waals surface area (Å²) in [6.45, 7) is 2.25. The van der Waals surface area contributed by atoms with Gasteiger partial charge < -0.3 is 10.0 Å². The van der Waals surface area contributed by atoms with Gasteiger partial charge in [-0.25, -0.2) is 0 Å². The van der Waals surface area contributed by atoms with Gasteiger partial charge in [0, 0.05) is 26.6 Å². The van der Waals surface area contributed by atoms with Gasteiger partial charge in [0.2, 0.25) is 5.91 Å². The number of amides is 1. The molecule has 0 aromatic heterocycles. The number of aliphatic carboxylic acids is 1. The highest BCUT2D eigenvalue weighted by atomic mass is 16.4. The van der Waals surface area contributed by atoms with Crippen molar-refractivity contribution in [1.29, 1.82) is 0 Å². The third kappa shape index (κ3) is 6.06. The molecule has 1 amide bonds. The second-order valence-corrected chi connectivity index (χ2v) is 3.98. The van der Waals surface area contributed by atoms with Crippen LogP contribution in [0.15, 0.2) is 0 Å². The molecule has 0 heterocycles. The Balaban J connectivity index is 3.93. The molecule has 0 rings (SSSR count). The van der Waals surface area contributed by atoms with Gasteiger partial charge >= 0.3 is 5.97 Å². The molecule has 0 fully saturated rings. The summed E-state index contributed by atoms with van der Waals surface area (Å²) in [5.74, 6) is -0.770. The van der Waals surface area contributed by atoms with Crippen molar-refractivity contribution in [1.82, 2.24) is 9.80 Å². The van der Waals surface area contributed by atoms with Crippen molar-refractivity contribution in [3.63, 3.8) is 0 Å². The van der Waals surface area contributed by atoms with Gasteiger partial charge in [0.1, 0.15) is 0 Å². The van der Waals surface area contributed by atoms with E-state index in [-0.39, 0.29) is 18.4 Å². The number of carbonyl (C=O) groups excluding carboxylic acids is 1. The molecule has 0 saturated heterocycles. The van der Waals surface area contributed by atoms with E-state index in [0.717, 1.165) is 0 Å². The zero-order valence-electron chi connectivity index (χ0n) is 9.86. The van der Waals surface area contributed by atoms with Crippen molar-refractivity contribution in [3.8, 4) is 0 Å². The van der Waals surface area contributed by atoms with Crippen molar-refractivity contribution in [2.24, 2.45) is 0 Å². The van der Waals surface area contributed by atoms with Gasteiger partial charge in [0.05, 0.1) is 6.54 Å². The Labute approximate surface area is 90.7 Å². The van der Waals surface area contributed by atoms with Crippen LogP contribution in [-0.4, -0.2) is 60.5 Å². The lowest BCUT2D eigenvalue weighted by molar-refractivity contribution is -0.137. The van der Waals surface area contributed by atoms with Crippen LogP contribution in [0.1, 0.15) is 19.8 Å². The molecule has 5 heteroatoms. The summed E-state index contributed by atoms with van der Waals surface area (Å²) >= 11 is 0. The normalized spacial score (nSPS) is 12.6. The fraction of sp³-hybridized carbons (Fsp3) is 0.800. The van der Waals surface area contributed by atoms with Crippen molar-refractivity contribution in [2.75, 3.05) is 27.7 Å². The lowest BCUT2D eigenvalue weighted by atomic mass is 10.1. The highest BCUT2D eigenvalue weighted by Gasteiger charge is 2.14. The summed E-state index contributed by atoms with van der Waals surface area (Å²) in [4.78, 5) is 25.1. The maximum absolute atomic E-state index is 11.4. The van der Waals surface area contributed by atoms with Gasteiger partial charge in [-0.15, -0.1) is 0 Å². The van der Waals surface area contributed by atoms with Crippen LogP contribution in [0.2, 0.25) is 0 Å². The number of rotatable bonds is 6. The van der Waals surface area contributed by atoms with E-state index in [4.69, 9.17) is 5.11 Å². The minimum absolute atomic E-state index is 0.0275. The second kappa shape index (κ2) is 6.40. The highest BCUT2D eigenvalue weighted by molar-refractivity contribution is 5.77. The topological polar surface area (TPSA) is 60.9 Å². The lowest BCUT2D eigenvalue weighted by Crippen LogP contribution is -2.39. The SMILES string of the molecule is CC(CCC(=O)O)N(C)CC(=O)N(C)C. The number of nitrogens with zero attached hydrogens (tertiary/aromatic N) is 2. The van der Waals surface area contributed by atoms with Crippen LogP contribution in [0.25, 0.3) is 0 Å². The summed E-state index contributed by atoms with van der Waals surface area (Å²) in [6, 6.07) is 0.102. The molecular weight excluding hydrogens is 196 g/mol. The summed E-state index contributed by atoms with van der Waals surface area (Å²) < 4.78 is 0. The quantitative estimate of drug-likeness (QED) is 0.692. The van der Waals surface area contributed by atoms with Gasteiger partial charge in [-0.05, 0) is 20.4 Å². The van der Waals surface area contributed by atoms with E-state index in [1.807, 2.05) is 18.9 Å². The predicted molar refractivity (Wildman–Crippen MR) is 57.7 cm³/mol. The third-order valence-corrected chi connectivity index (χ3v) is 2.41. The van der Waals surface area contributed by atoms with Crippen LogP contribution < -0.4 is 0 Å². The summed E-state index contributed by atoms with van der Waals surface area (Å²) in [5, 5.41) is 8.52. The van der Waals surface area contributed by atoms with E-state index in [2.05, 4.69) is 0 Å².